The molecule has 200 valence electrons. The summed E-state index contributed by atoms with van der Waals surface area (Å²) in [5.74, 6) is 5.38. The zero-order chi connectivity index (χ0) is 25.2. The molecule has 0 unspecified atom stereocenters. The molecule has 0 amide bonds. The molecular weight excluding hydrogens is 464 g/mol. The van der Waals surface area contributed by atoms with Gasteiger partial charge in [-0.25, -0.2) is 0 Å². The van der Waals surface area contributed by atoms with E-state index in [1.165, 1.54) is 68.9 Å². The first-order valence-corrected chi connectivity index (χ1v) is 14.3. The van der Waals surface area contributed by atoms with Crippen LogP contribution in [0.5, 0.6) is 23.0 Å². The molecule has 6 rings (SSSR count). The van der Waals surface area contributed by atoms with E-state index in [1.807, 2.05) is 12.1 Å². The van der Waals surface area contributed by atoms with Gasteiger partial charge in [-0.1, -0.05) is 24.3 Å². The summed E-state index contributed by atoms with van der Waals surface area (Å²) in [5.41, 5.74) is 2.51. The number of hydrogen-bond donors (Lipinski definition) is 0. The minimum absolute atomic E-state index is 0.645. The fourth-order valence-electron chi connectivity index (χ4n) is 7.28. The van der Waals surface area contributed by atoms with Crippen LogP contribution in [-0.4, -0.2) is 49.6 Å². The molecule has 0 bridgehead atoms. The molecule has 0 spiro atoms. The van der Waals surface area contributed by atoms with Gasteiger partial charge in [0.15, 0.2) is 23.0 Å². The van der Waals surface area contributed by atoms with Gasteiger partial charge in [-0.15, -0.1) is 0 Å². The number of para-hydroxylation sites is 2. The molecule has 0 aromatic heterocycles. The van der Waals surface area contributed by atoms with Crippen LogP contribution in [0.1, 0.15) is 68.9 Å². The third kappa shape index (κ3) is 5.28. The van der Waals surface area contributed by atoms with E-state index >= 15 is 0 Å². The standard InChI is InChI=1S/C31H42N2O4/c1-34-28-7-3-5-24-18-32(20-36-30(24)28)26-13-9-22(10-14-26)17-23-11-15-27(16-12-23)33-19-25-6-4-8-29(35-2)31(25)37-21-33/h3-8,22-23,26-27H,9-21H2,1-2H3. The lowest BCUT2D eigenvalue weighted by Gasteiger charge is -2.41. The molecule has 4 aliphatic rings. The Morgan fingerprint density at radius 1 is 0.649 bits per heavy atom. The summed E-state index contributed by atoms with van der Waals surface area (Å²) >= 11 is 0. The van der Waals surface area contributed by atoms with Gasteiger partial charge in [-0.3, -0.25) is 9.80 Å². The van der Waals surface area contributed by atoms with Crippen LogP contribution in [0, 0.1) is 11.8 Å². The predicted octanol–water partition coefficient (Wildman–Crippen LogP) is 6.22. The lowest BCUT2D eigenvalue weighted by molar-refractivity contribution is 0.0220. The molecule has 2 aromatic rings. The van der Waals surface area contributed by atoms with Crippen LogP contribution in [-0.2, 0) is 13.1 Å². The maximum absolute atomic E-state index is 6.13. The number of methoxy groups -OCH3 is 2. The van der Waals surface area contributed by atoms with E-state index in [2.05, 4.69) is 34.1 Å². The van der Waals surface area contributed by atoms with E-state index in [4.69, 9.17) is 18.9 Å². The summed E-state index contributed by atoms with van der Waals surface area (Å²) in [6.45, 7) is 3.32. The lowest BCUT2D eigenvalue weighted by Crippen LogP contribution is -2.43. The van der Waals surface area contributed by atoms with Crippen LogP contribution in [0.4, 0.5) is 0 Å². The molecule has 6 heteroatoms. The molecule has 2 aliphatic heterocycles. The molecule has 0 N–H and O–H groups in total. The molecule has 2 aromatic carbocycles. The Bertz CT molecular complexity index is 976. The van der Waals surface area contributed by atoms with Gasteiger partial charge in [0.2, 0.25) is 0 Å². The molecule has 0 radical (unpaired) electrons. The number of benzene rings is 2. The minimum atomic E-state index is 0.645. The monoisotopic (exact) mass is 506 g/mol. The van der Waals surface area contributed by atoms with Crippen LogP contribution in [0.25, 0.3) is 0 Å². The van der Waals surface area contributed by atoms with Crippen molar-refractivity contribution in [2.24, 2.45) is 11.8 Å². The van der Waals surface area contributed by atoms with Crippen LogP contribution < -0.4 is 18.9 Å². The zero-order valence-corrected chi connectivity index (χ0v) is 22.5. The molecular formula is C31H42N2O4. The number of rotatable bonds is 6. The predicted molar refractivity (Wildman–Crippen MR) is 144 cm³/mol. The van der Waals surface area contributed by atoms with E-state index in [-0.39, 0.29) is 0 Å². The number of fused-ring (bicyclic) bond motifs is 2. The summed E-state index contributed by atoms with van der Waals surface area (Å²) in [6.07, 6.45) is 12.1. The Kier molecular flexibility index (Phi) is 7.48. The molecule has 2 fully saturated rings. The van der Waals surface area contributed by atoms with Crippen LogP contribution in [0.15, 0.2) is 36.4 Å². The first kappa shape index (κ1) is 24.9. The number of nitrogens with zero attached hydrogens (tertiary/aromatic N) is 2. The molecule has 37 heavy (non-hydrogen) atoms. The number of hydrogen-bond acceptors (Lipinski definition) is 6. The SMILES string of the molecule is COc1cccc2c1OCN(C1CCC(CC3CCC(N4COc5c(cccc5OC)C4)CC3)CC1)C2. The molecule has 2 heterocycles. The average Bonchev–Trinajstić information content (AvgIpc) is 2.96. The fraction of sp³-hybridized carbons (Fsp3) is 0.613. The highest BCUT2D eigenvalue weighted by Gasteiger charge is 2.33. The summed E-state index contributed by atoms with van der Waals surface area (Å²) in [5, 5.41) is 0. The second kappa shape index (κ2) is 11.1. The fourth-order valence-corrected chi connectivity index (χ4v) is 7.28. The van der Waals surface area contributed by atoms with Crippen molar-refractivity contribution in [3.05, 3.63) is 47.5 Å². The van der Waals surface area contributed by atoms with Crippen molar-refractivity contribution in [2.75, 3.05) is 27.7 Å². The van der Waals surface area contributed by atoms with E-state index in [0.29, 0.717) is 25.5 Å². The summed E-state index contributed by atoms with van der Waals surface area (Å²) in [7, 11) is 3.44. The summed E-state index contributed by atoms with van der Waals surface area (Å²) < 4.78 is 23.2. The van der Waals surface area contributed by atoms with E-state index < -0.39 is 0 Å². The highest BCUT2D eigenvalue weighted by Crippen LogP contribution is 2.41. The molecule has 2 saturated carbocycles. The van der Waals surface area contributed by atoms with Crippen molar-refractivity contribution < 1.29 is 18.9 Å². The van der Waals surface area contributed by atoms with Crippen molar-refractivity contribution in [3.63, 3.8) is 0 Å². The van der Waals surface area contributed by atoms with Gasteiger partial charge < -0.3 is 18.9 Å². The normalized spacial score (nSPS) is 28.4. The van der Waals surface area contributed by atoms with Crippen molar-refractivity contribution in [3.8, 4) is 23.0 Å². The Morgan fingerprint density at radius 3 is 1.49 bits per heavy atom. The third-order valence-corrected chi connectivity index (χ3v) is 9.39. The van der Waals surface area contributed by atoms with Gasteiger partial charge in [-0.2, -0.15) is 0 Å². The smallest absolute Gasteiger partial charge is 0.167 e. The van der Waals surface area contributed by atoms with Gasteiger partial charge in [0.25, 0.3) is 0 Å². The molecule has 6 nitrogen and oxygen atoms in total. The van der Waals surface area contributed by atoms with E-state index in [9.17, 15) is 0 Å². The quantitative estimate of drug-likeness (QED) is 0.464. The van der Waals surface area contributed by atoms with Gasteiger partial charge in [0, 0.05) is 36.3 Å². The van der Waals surface area contributed by atoms with Gasteiger partial charge in [0.05, 0.1) is 14.2 Å². The Morgan fingerprint density at radius 2 is 1.08 bits per heavy atom. The maximum Gasteiger partial charge on any atom is 0.167 e. The molecule has 0 saturated heterocycles. The van der Waals surface area contributed by atoms with Crippen molar-refractivity contribution in [1.29, 1.82) is 0 Å². The lowest BCUT2D eigenvalue weighted by atomic mass is 9.75. The zero-order valence-electron chi connectivity index (χ0n) is 22.5. The Hall–Kier alpha value is -2.44. The first-order chi connectivity index (χ1) is 18.2. The summed E-state index contributed by atoms with van der Waals surface area (Å²) in [4.78, 5) is 5.08. The van der Waals surface area contributed by atoms with E-state index in [1.54, 1.807) is 14.2 Å². The topological polar surface area (TPSA) is 43.4 Å². The van der Waals surface area contributed by atoms with Gasteiger partial charge in [0.1, 0.15) is 13.5 Å². The van der Waals surface area contributed by atoms with Crippen molar-refractivity contribution >= 4 is 0 Å². The largest absolute Gasteiger partial charge is 0.493 e. The highest BCUT2D eigenvalue weighted by atomic mass is 16.5. The third-order valence-electron chi connectivity index (χ3n) is 9.39. The highest BCUT2D eigenvalue weighted by molar-refractivity contribution is 5.48. The van der Waals surface area contributed by atoms with Gasteiger partial charge >= 0.3 is 0 Å². The Balaban J connectivity index is 0.945. The van der Waals surface area contributed by atoms with Gasteiger partial charge in [-0.05, 0) is 81.8 Å². The molecule has 0 atom stereocenters. The second-order valence-corrected chi connectivity index (χ2v) is 11.5. The van der Waals surface area contributed by atoms with E-state index in [0.717, 1.165) is 47.9 Å². The maximum atomic E-state index is 6.13. The van der Waals surface area contributed by atoms with Crippen LogP contribution >= 0.6 is 0 Å². The number of ether oxygens (including phenoxy) is 4. The van der Waals surface area contributed by atoms with Crippen LogP contribution in [0.3, 0.4) is 0 Å². The van der Waals surface area contributed by atoms with Crippen LogP contribution in [0.2, 0.25) is 0 Å². The molecule has 2 aliphatic carbocycles. The Labute approximate surface area is 221 Å². The second-order valence-electron chi connectivity index (χ2n) is 11.5. The first-order valence-electron chi connectivity index (χ1n) is 14.3. The summed E-state index contributed by atoms with van der Waals surface area (Å²) in [6, 6.07) is 13.8. The van der Waals surface area contributed by atoms with Crippen molar-refractivity contribution in [1.82, 2.24) is 9.80 Å². The minimum Gasteiger partial charge on any atom is -0.493 e. The average molecular weight is 507 g/mol. The van der Waals surface area contributed by atoms with Crippen molar-refractivity contribution in [2.45, 2.75) is 83.0 Å².